The zero-order valence-electron chi connectivity index (χ0n) is 11.9. The molecule has 11 heteroatoms. The van der Waals surface area contributed by atoms with Crippen molar-refractivity contribution in [2.24, 2.45) is 0 Å². The van der Waals surface area contributed by atoms with E-state index in [0.717, 1.165) is 12.1 Å². The average molecular weight is 341 g/mol. The molecule has 128 valence electrons. The Morgan fingerprint density at radius 1 is 1.00 bits per heavy atom. The fraction of sp³-hybridized carbons (Fsp3) is 0.231. The fourth-order valence-electron chi connectivity index (χ4n) is 1.57. The molecule has 0 heterocycles. The largest absolute Gasteiger partial charge is 0.481 e. The smallest absolute Gasteiger partial charge is 0.320 e. The Labute approximate surface area is 133 Å². The van der Waals surface area contributed by atoms with E-state index in [-0.39, 0.29) is 5.56 Å². The lowest BCUT2D eigenvalue weighted by molar-refractivity contribution is -0.386. The highest BCUT2D eigenvalue weighted by molar-refractivity contribution is 5.91. The van der Waals surface area contributed by atoms with Crippen molar-refractivity contribution in [3.05, 3.63) is 39.9 Å². The van der Waals surface area contributed by atoms with E-state index in [1.807, 2.05) is 0 Å². The minimum Gasteiger partial charge on any atom is -0.481 e. The lowest BCUT2D eigenvalue weighted by Crippen LogP contribution is -2.21. The summed E-state index contributed by atoms with van der Waals surface area (Å²) >= 11 is 0. The zero-order chi connectivity index (χ0) is 18.3. The van der Waals surface area contributed by atoms with Gasteiger partial charge in [0, 0.05) is 6.07 Å². The van der Waals surface area contributed by atoms with Gasteiger partial charge in [-0.2, -0.15) is 0 Å². The molecule has 0 bridgehead atoms. The Morgan fingerprint density at radius 2 is 1.46 bits per heavy atom. The summed E-state index contributed by atoms with van der Waals surface area (Å²) in [6, 6.07) is 4.78. The maximum Gasteiger partial charge on any atom is 0.320 e. The van der Waals surface area contributed by atoms with Crippen molar-refractivity contribution in [3.8, 4) is 0 Å². The highest BCUT2D eigenvalue weighted by Gasteiger charge is 2.29. The van der Waals surface area contributed by atoms with Gasteiger partial charge in [-0.15, -0.1) is 0 Å². The molecule has 0 aliphatic rings. The second-order valence-electron chi connectivity index (χ2n) is 4.27. The maximum atomic E-state index is 11.4. The third-order valence-electron chi connectivity index (χ3n) is 2.46. The molecular weight excluding hydrogens is 330 g/mol. The van der Waals surface area contributed by atoms with Crippen LogP contribution in [-0.4, -0.2) is 39.0 Å². The molecule has 0 radical (unpaired) electrons. The van der Waals surface area contributed by atoms with Crippen LogP contribution in [0.4, 0.5) is 5.69 Å². The molecular formula is C13H11NO10. The molecule has 0 aliphatic carbocycles. The van der Waals surface area contributed by atoms with Crippen molar-refractivity contribution in [2.75, 3.05) is 0 Å². The summed E-state index contributed by atoms with van der Waals surface area (Å²) < 4.78 is 9.26. The number of carbonyl (C=O) groups excluding carboxylic acids is 2. The molecule has 24 heavy (non-hydrogen) atoms. The number of nitrogens with zero attached hydrogens (tertiary/aromatic N) is 1. The number of carboxylic acid groups (broad SMARTS) is 2. The standard InChI is InChI=1S/C13H11NO10/c15-9(16)5-11(19)23-13(24-12(20)6-10(17)18)7-3-1-2-4-8(7)14(21)22/h1-4,13H,5-6H2,(H,15,16)(H,17,18). The van der Waals surface area contributed by atoms with Crippen LogP contribution in [0, 0.1) is 10.1 Å². The van der Waals surface area contributed by atoms with Gasteiger partial charge in [0.1, 0.15) is 18.4 Å². The lowest BCUT2D eigenvalue weighted by atomic mass is 10.1. The number of carbonyl (C=O) groups is 4. The van der Waals surface area contributed by atoms with E-state index in [1.165, 1.54) is 12.1 Å². The van der Waals surface area contributed by atoms with Gasteiger partial charge >= 0.3 is 23.9 Å². The number of para-hydroxylation sites is 1. The highest BCUT2D eigenvalue weighted by atomic mass is 16.7. The minimum atomic E-state index is -1.95. The summed E-state index contributed by atoms with van der Waals surface area (Å²) in [7, 11) is 0. The quantitative estimate of drug-likeness (QED) is 0.224. The van der Waals surface area contributed by atoms with E-state index >= 15 is 0 Å². The predicted molar refractivity (Wildman–Crippen MR) is 72.5 cm³/mol. The van der Waals surface area contributed by atoms with Gasteiger partial charge in [-0.1, -0.05) is 12.1 Å². The first kappa shape index (κ1) is 18.5. The molecule has 0 unspecified atom stereocenters. The Morgan fingerprint density at radius 3 is 1.88 bits per heavy atom. The Kier molecular flexibility index (Phi) is 6.35. The molecule has 0 spiro atoms. The third kappa shape index (κ3) is 5.71. The number of esters is 2. The fourth-order valence-corrected chi connectivity index (χ4v) is 1.57. The van der Waals surface area contributed by atoms with Gasteiger partial charge in [-0.3, -0.25) is 29.3 Å². The number of hydrogen-bond acceptors (Lipinski definition) is 8. The van der Waals surface area contributed by atoms with Crippen molar-refractivity contribution in [3.63, 3.8) is 0 Å². The number of benzene rings is 1. The minimum absolute atomic E-state index is 0.347. The third-order valence-corrected chi connectivity index (χ3v) is 2.46. The van der Waals surface area contributed by atoms with Crippen LogP contribution in [0.2, 0.25) is 0 Å². The number of ether oxygens (including phenoxy) is 2. The van der Waals surface area contributed by atoms with Gasteiger partial charge in [0.05, 0.1) is 4.92 Å². The van der Waals surface area contributed by atoms with Gasteiger partial charge < -0.3 is 19.7 Å². The van der Waals surface area contributed by atoms with Crippen molar-refractivity contribution >= 4 is 29.6 Å². The van der Waals surface area contributed by atoms with Crippen LogP contribution in [0.25, 0.3) is 0 Å². The van der Waals surface area contributed by atoms with Gasteiger partial charge in [-0.05, 0) is 6.07 Å². The van der Waals surface area contributed by atoms with Crippen LogP contribution in [0.15, 0.2) is 24.3 Å². The summed E-state index contributed by atoms with van der Waals surface area (Å²) in [5.41, 5.74) is -0.909. The van der Waals surface area contributed by atoms with Crippen molar-refractivity contribution < 1.29 is 43.8 Å². The summed E-state index contributed by atoms with van der Waals surface area (Å²) in [6.07, 6.45) is -4.10. The molecule has 0 saturated heterocycles. The molecule has 0 aliphatic heterocycles. The van der Waals surface area contributed by atoms with E-state index in [0.29, 0.717) is 0 Å². The monoisotopic (exact) mass is 341 g/mol. The van der Waals surface area contributed by atoms with Gasteiger partial charge in [0.2, 0.25) is 0 Å². The summed E-state index contributed by atoms with van der Waals surface area (Å²) in [5.74, 6) is -5.71. The van der Waals surface area contributed by atoms with E-state index in [9.17, 15) is 29.3 Å². The summed E-state index contributed by atoms with van der Waals surface area (Å²) in [4.78, 5) is 54.0. The van der Waals surface area contributed by atoms with E-state index in [2.05, 4.69) is 9.47 Å². The Bertz CT molecular complexity index is 653. The molecule has 0 saturated carbocycles. The van der Waals surface area contributed by atoms with Crippen LogP contribution < -0.4 is 0 Å². The predicted octanol–water partition coefficient (Wildman–Crippen LogP) is 0.629. The van der Waals surface area contributed by atoms with E-state index < -0.39 is 53.6 Å². The van der Waals surface area contributed by atoms with Crippen molar-refractivity contribution in [2.45, 2.75) is 19.1 Å². The SMILES string of the molecule is O=C(O)CC(=O)OC(OC(=O)CC(=O)O)c1ccccc1[N+](=O)[O-]. The summed E-state index contributed by atoms with van der Waals surface area (Å²) in [5, 5.41) is 28.0. The number of aliphatic carboxylic acids is 2. The van der Waals surface area contributed by atoms with Crippen molar-refractivity contribution in [1.82, 2.24) is 0 Å². The van der Waals surface area contributed by atoms with Gasteiger partial charge in [0.15, 0.2) is 0 Å². The second-order valence-corrected chi connectivity index (χ2v) is 4.27. The molecule has 0 fully saturated rings. The lowest BCUT2D eigenvalue weighted by Gasteiger charge is -2.17. The first-order valence-electron chi connectivity index (χ1n) is 6.26. The first-order valence-corrected chi connectivity index (χ1v) is 6.26. The molecule has 11 nitrogen and oxygen atoms in total. The number of hydrogen-bond donors (Lipinski definition) is 2. The molecule has 1 aromatic rings. The van der Waals surface area contributed by atoms with Crippen molar-refractivity contribution in [1.29, 1.82) is 0 Å². The zero-order valence-corrected chi connectivity index (χ0v) is 11.9. The van der Waals surface area contributed by atoms with Gasteiger partial charge in [0.25, 0.3) is 12.0 Å². The molecule has 0 aromatic heterocycles. The highest BCUT2D eigenvalue weighted by Crippen LogP contribution is 2.29. The summed E-state index contributed by atoms with van der Waals surface area (Å²) in [6.45, 7) is 0. The van der Waals surface area contributed by atoms with E-state index in [1.54, 1.807) is 0 Å². The van der Waals surface area contributed by atoms with Crippen LogP contribution in [0.5, 0.6) is 0 Å². The molecule has 1 rings (SSSR count). The van der Waals surface area contributed by atoms with Crippen LogP contribution in [0.1, 0.15) is 24.7 Å². The topological polar surface area (TPSA) is 170 Å². The Hall–Kier alpha value is -3.50. The Balaban J connectivity index is 3.11. The molecule has 0 atom stereocenters. The van der Waals surface area contributed by atoms with Crippen LogP contribution in [0.3, 0.4) is 0 Å². The number of carboxylic acids is 2. The normalized spacial score (nSPS) is 10.0. The molecule has 2 N–H and O–H groups in total. The molecule has 0 amide bonds. The van der Waals surface area contributed by atoms with E-state index in [4.69, 9.17) is 10.2 Å². The molecule has 1 aromatic carbocycles. The number of rotatable bonds is 8. The van der Waals surface area contributed by atoms with Crippen LogP contribution >= 0.6 is 0 Å². The average Bonchev–Trinajstić information content (AvgIpc) is 2.44. The van der Waals surface area contributed by atoms with Crippen LogP contribution in [-0.2, 0) is 28.7 Å². The maximum absolute atomic E-state index is 11.4. The first-order chi connectivity index (χ1) is 11.2. The van der Waals surface area contributed by atoms with Gasteiger partial charge in [-0.25, -0.2) is 0 Å². The number of nitro benzene ring substituents is 1. The second kappa shape index (κ2) is 8.22. The number of nitro groups is 1.